The number of amides is 1. The Kier molecular flexibility index (Phi) is 6.28. The first-order chi connectivity index (χ1) is 15.1. The van der Waals surface area contributed by atoms with E-state index in [0.717, 1.165) is 5.69 Å². The van der Waals surface area contributed by atoms with Crippen LogP contribution in [0.5, 0.6) is 5.75 Å². The molecular weight excluding hydrogens is 439 g/mol. The average Bonchev–Trinajstić information content (AvgIpc) is 3.43. The highest BCUT2D eigenvalue weighted by Gasteiger charge is 2.21. The average molecular weight is 457 g/mol. The van der Waals surface area contributed by atoms with E-state index in [9.17, 15) is 9.18 Å². The van der Waals surface area contributed by atoms with Gasteiger partial charge < -0.3 is 9.15 Å². The van der Waals surface area contributed by atoms with Crippen molar-refractivity contribution >= 4 is 39.8 Å². The Bertz CT molecular complexity index is 1210. The summed E-state index contributed by atoms with van der Waals surface area (Å²) in [5.74, 6) is 0.554. The molecule has 0 N–H and O–H groups in total. The lowest BCUT2D eigenvalue weighted by Crippen LogP contribution is -2.23. The summed E-state index contributed by atoms with van der Waals surface area (Å²) in [5.41, 5.74) is 1.63. The summed E-state index contributed by atoms with van der Waals surface area (Å²) >= 11 is 2.63. The van der Waals surface area contributed by atoms with Gasteiger partial charge in [0.2, 0.25) is 5.91 Å². The van der Waals surface area contributed by atoms with Gasteiger partial charge in [-0.2, -0.15) is 0 Å². The minimum absolute atomic E-state index is 0.124. The molecule has 2 heterocycles. The van der Waals surface area contributed by atoms with Crippen LogP contribution in [0.25, 0.3) is 11.5 Å². The SMILES string of the molecule is COc1ccccc1N(C(C)=O)c1nc(CSc2nnc(-c3ccccc3F)o2)cs1. The van der Waals surface area contributed by atoms with E-state index in [1.54, 1.807) is 37.4 Å². The summed E-state index contributed by atoms with van der Waals surface area (Å²) in [7, 11) is 1.56. The number of aromatic nitrogens is 3. The number of carbonyl (C=O) groups is 1. The largest absolute Gasteiger partial charge is 0.495 e. The molecule has 10 heteroatoms. The van der Waals surface area contributed by atoms with Crippen molar-refractivity contribution in [3.8, 4) is 17.2 Å². The molecule has 0 bridgehead atoms. The Balaban J connectivity index is 1.49. The number of methoxy groups -OCH3 is 1. The quantitative estimate of drug-likeness (QED) is 0.348. The van der Waals surface area contributed by atoms with Crippen molar-refractivity contribution < 1.29 is 18.3 Å². The van der Waals surface area contributed by atoms with Gasteiger partial charge >= 0.3 is 0 Å². The summed E-state index contributed by atoms with van der Waals surface area (Å²) in [4.78, 5) is 18.4. The number of anilines is 2. The number of thioether (sulfide) groups is 1. The maximum Gasteiger partial charge on any atom is 0.277 e. The van der Waals surface area contributed by atoms with Gasteiger partial charge in [-0.05, 0) is 24.3 Å². The summed E-state index contributed by atoms with van der Waals surface area (Å²) in [6.45, 7) is 1.48. The number of thiazole rings is 1. The third kappa shape index (κ3) is 4.59. The van der Waals surface area contributed by atoms with Crippen LogP contribution in [0.4, 0.5) is 15.2 Å². The third-order valence-electron chi connectivity index (χ3n) is 4.23. The number of halogens is 1. The molecule has 4 rings (SSSR count). The van der Waals surface area contributed by atoms with Gasteiger partial charge in [-0.25, -0.2) is 9.37 Å². The fourth-order valence-electron chi connectivity index (χ4n) is 2.83. The Morgan fingerprint density at radius 2 is 1.97 bits per heavy atom. The van der Waals surface area contributed by atoms with Crippen molar-refractivity contribution in [3.63, 3.8) is 0 Å². The second kappa shape index (κ2) is 9.27. The van der Waals surface area contributed by atoms with Crippen LogP contribution in [0.3, 0.4) is 0 Å². The van der Waals surface area contributed by atoms with Gasteiger partial charge in [0.25, 0.3) is 11.1 Å². The van der Waals surface area contributed by atoms with Gasteiger partial charge in [-0.1, -0.05) is 36.0 Å². The van der Waals surface area contributed by atoms with Gasteiger partial charge in [0, 0.05) is 18.1 Å². The summed E-state index contributed by atoms with van der Waals surface area (Å²) in [6, 6.07) is 13.5. The lowest BCUT2D eigenvalue weighted by atomic mass is 10.2. The fourth-order valence-corrected chi connectivity index (χ4v) is 4.48. The zero-order valence-electron chi connectivity index (χ0n) is 16.6. The fraction of sp³-hybridized carbons (Fsp3) is 0.143. The maximum atomic E-state index is 13.9. The molecule has 0 saturated heterocycles. The van der Waals surface area contributed by atoms with Crippen LogP contribution in [-0.2, 0) is 10.5 Å². The van der Waals surface area contributed by atoms with E-state index < -0.39 is 5.82 Å². The van der Waals surface area contributed by atoms with E-state index in [2.05, 4.69) is 15.2 Å². The molecule has 158 valence electrons. The van der Waals surface area contributed by atoms with Gasteiger partial charge in [0.15, 0.2) is 5.13 Å². The lowest BCUT2D eigenvalue weighted by Gasteiger charge is -2.20. The Morgan fingerprint density at radius 3 is 2.74 bits per heavy atom. The number of para-hydroxylation sites is 2. The van der Waals surface area contributed by atoms with Crippen LogP contribution in [0, 0.1) is 5.82 Å². The summed E-state index contributed by atoms with van der Waals surface area (Å²) in [5, 5.41) is 10.6. The van der Waals surface area contributed by atoms with Crippen molar-refractivity contribution in [2.24, 2.45) is 0 Å². The second-order valence-corrected chi connectivity index (χ2v) is 8.05. The van der Waals surface area contributed by atoms with E-state index in [-0.39, 0.29) is 17.4 Å². The molecule has 4 aromatic rings. The van der Waals surface area contributed by atoms with E-state index >= 15 is 0 Å². The van der Waals surface area contributed by atoms with Crippen molar-refractivity contribution in [2.45, 2.75) is 17.9 Å². The maximum absolute atomic E-state index is 13.9. The molecule has 0 aliphatic rings. The van der Waals surface area contributed by atoms with E-state index in [0.29, 0.717) is 27.5 Å². The van der Waals surface area contributed by atoms with Gasteiger partial charge in [-0.3, -0.25) is 9.69 Å². The molecule has 2 aromatic heterocycles. The molecule has 0 aliphatic heterocycles. The zero-order chi connectivity index (χ0) is 21.8. The van der Waals surface area contributed by atoms with Crippen LogP contribution in [0.1, 0.15) is 12.6 Å². The highest BCUT2D eigenvalue weighted by molar-refractivity contribution is 7.98. The standard InChI is InChI=1S/C21H17FN4O3S2/c1-13(27)26(17-9-5-6-10-18(17)28-2)20-23-14(11-30-20)12-31-21-25-24-19(29-21)15-7-3-4-8-16(15)22/h3-11H,12H2,1-2H3. The Hall–Kier alpha value is -3.24. The number of nitrogens with zero attached hydrogens (tertiary/aromatic N) is 4. The Morgan fingerprint density at radius 1 is 1.19 bits per heavy atom. The molecule has 0 aliphatic carbocycles. The van der Waals surface area contributed by atoms with Crippen LogP contribution < -0.4 is 9.64 Å². The minimum Gasteiger partial charge on any atom is -0.495 e. The molecule has 0 fully saturated rings. The number of rotatable bonds is 7. The Labute approximate surface area is 185 Å². The zero-order valence-corrected chi connectivity index (χ0v) is 18.2. The third-order valence-corrected chi connectivity index (χ3v) is 5.95. The topological polar surface area (TPSA) is 81.4 Å². The molecule has 31 heavy (non-hydrogen) atoms. The molecule has 7 nitrogen and oxygen atoms in total. The first-order valence-corrected chi connectivity index (χ1v) is 11.0. The van der Waals surface area contributed by atoms with Crippen molar-refractivity contribution in [1.82, 2.24) is 15.2 Å². The van der Waals surface area contributed by atoms with E-state index in [1.165, 1.54) is 41.0 Å². The molecule has 2 aromatic carbocycles. The number of carbonyl (C=O) groups excluding carboxylic acids is 1. The van der Waals surface area contributed by atoms with Crippen molar-refractivity contribution in [2.75, 3.05) is 12.0 Å². The van der Waals surface area contributed by atoms with Crippen LogP contribution >= 0.6 is 23.1 Å². The minimum atomic E-state index is -0.424. The molecule has 0 saturated carbocycles. The van der Waals surface area contributed by atoms with Gasteiger partial charge in [0.05, 0.1) is 24.1 Å². The first kappa shape index (κ1) is 21.0. The number of hydrogen-bond acceptors (Lipinski definition) is 8. The number of benzene rings is 2. The highest BCUT2D eigenvalue weighted by Crippen LogP contribution is 2.36. The predicted octanol–water partition coefficient (Wildman–Crippen LogP) is 5.32. The van der Waals surface area contributed by atoms with E-state index in [4.69, 9.17) is 9.15 Å². The smallest absolute Gasteiger partial charge is 0.277 e. The van der Waals surface area contributed by atoms with Crippen LogP contribution in [-0.4, -0.2) is 28.2 Å². The number of ether oxygens (including phenoxy) is 1. The molecule has 0 unspecified atom stereocenters. The van der Waals surface area contributed by atoms with Gasteiger partial charge in [0.1, 0.15) is 11.6 Å². The molecular formula is C21H17FN4O3S2. The lowest BCUT2D eigenvalue weighted by molar-refractivity contribution is -0.115. The van der Waals surface area contributed by atoms with Gasteiger partial charge in [-0.15, -0.1) is 21.5 Å². The van der Waals surface area contributed by atoms with Crippen molar-refractivity contribution in [1.29, 1.82) is 0 Å². The van der Waals surface area contributed by atoms with Crippen LogP contribution in [0.2, 0.25) is 0 Å². The monoisotopic (exact) mass is 456 g/mol. The van der Waals surface area contributed by atoms with Crippen LogP contribution in [0.15, 0.2) is 63.6 Å². The summed E-state index contributed by atoms with van der Waals surface area (Å²) in [6.07, 6.45) is 0. The summed E-state index contributed by atoms with van der Waals surface area (Å²) < 4.78 is 24.8. The first-order valence-electron chi connectivity index (χ1n) is 9.16. The molecule has 0 spiro atoms. The molecule has 0 radical (unpaired) electrons. The molecule has 0 atom stereocenters. The van der Waals surface area contributed by atoms with E-state index in [1.807, 2.05) is 17.5 Å². The highest BCUT2D eigenvalue weighted by atomic mass is 32.2. The molecule has 1 amide bonds. The van der Waals surface area contributed by atoms with Crippen molar-refractivity contribution in [3.05, 3.63) is 65.4 Å². The predicted molar refractivity (Wildman–Crippen MR) is 117 cm³/mol. The normalized spacial score (nSPS) is 10.8. The number of hydrogen-bond donors (Lipinski definition) is 0. The second-order valence-electron chi connectivity index (χ2n) is 6.29.